The second kappa shape index (κ2) is 8.02. The van der Waals surface area contributed by atoms with E-state index in [4.69, 9.17) is 0 Å². The standard InChI is InChI=1S/C18H26Si/c1-5-6-11-17(14-10-15-19(2,3)4)16-18-12-8-7-9-13-18/h7-9,12-13,16H,5-6,11,14H2,1-4H3/b17-16+. The lowest BCUT2D eigenvalue weighted by molar-refractivity contribution is 0.781. The van der Waals surface area contributed by atoms with Gasteiger partial charge in [-0.1, -0.05) is 75.0 Å². The molecule has 0 saturated heterocycles. The summed E-state index contributed by atoms with van der Waals surface area (Å²) in [7, 11) is -1.24. The Hall–Kier alpha value is -1.26. The molecule has 1 rings (SSSR count). The van der Waals surface area contributed by atoms with Gasteiger partial charge in [0, 0.05) is 6.42 Å². The van der Waals surface area contributed by atoms with Crippen LogP contribution in [0.15, 0.2) is 35.9 Å². The number of benzene rings is 1. The molecule has 0 unspecified atom stereocenters. The van der Waals surface area contributed by atoms with Crippen molar-refractivity contribution in [1.29, 1.82) is 0 Å². The van der Waals surface area contributed by atoms with E-state index in [1.807, 2.05) is 0 Å². The van der Waals surface area contributed by atoms with Gasteiger partial charge in [-0.15, -0.1) is 11.5 Å². The summed E-state index contributed by atoms with van der Waals surface area (Å²) in [4.78, 5) is 0. The summed E-state index contributed by atoms with van der Waals surface area (Å²) < 4.78 is 0. The van der Waals surface area contributed by atoms with E-state index >= 15 is 0 Å². The fourth-order valence-corrected chi connectivity index (χ4v) is 2.44. The second-order valence-corrected chi connectivity index (χ2v) is 10.8. The van der Waals surface area contributed by atoms with Crippen molar-refractivity contribution in [1.82, 2.24) is 0 Å². The fourth-order valence-electron chi connectivity index (χ4n) is 1.82. The summed E-state index contributed by atoms with van der Waals surface area (Å²) in [5.74, 6) is 3.40. The van der Waals surface area contributed by atoms with Gasteiger partial charge in [-0.3, -0.25) is 0 Å². The van der Waals surface area contributed by atoms with E-state index in [0.717, 1.165) is 6.42 Å². The van der Waals surface area contributed by atoms with Gasteiger partial charge in [-0.25, -0.2) is 0 Å². The van der Waals surface area contributed by atoms with Gasteiger partial charge in [0.05, 0.1) is 0 Å². The predicted octanol–water partition coefficient (Wildman–Crippen LogP) is 5.53. The van der Waals surface area contributed by atoms with Gasteiger partial charge in [0.15, 0.2) is 0 Å². The van der Waals surface area contributed by atoms with Gasteiger partial charge in [0.1, 0.15) is 8.07 Å². The maximum atomic E-state index is 3.46. The monoisotopic (exact) mass is 270 g/mol. The van der Waals surface area contributed by atoms with Crippen LogP contribution in [0.25, 0.3) is 6.08 Å². The molecule has 102 valence electrons. The average Bonchev–Trinajstić information content (AvgIpc) is 2.35. The van der Waals surface area contributed by atoms with Crippen LogP contribution in [0.3, 0.4) is 0 Å². The van der Waals surface area contributed by atoms with Crippen LogP contribution in [-0.2, 0) is 0 Å². The molecule has 0 radical (unpaired) electrons. The number of unbranched alkanes of at least 4 members (excludes halogenated alkanes) is 1. The first-order valence-corrected chi connectivity index (χ1v) is 10.8. The third-order valence-electron chi connectivity index (χ3n) is 2.80. The molecule has 1 aromatic rings. The highest BCUT2D eigenvalue weighted by atomic mass is 28.3. The Bertz CT molecular complexity index is 452. The second-order valence-electron chi connectivity index (χ2n) is 6.05. The van der Waals surface area contributed by atoms with Gasteiger partial charge in [0.2, 0.25) is 0 Å². The summed E-state index contributed by atoms with van der Waals surface area (Å²) in [5.41, 5.74) is 6.23. The maximum absolute atomic E-state index is 3.46. The minimum atomic E-state index is -1.24. The molecule has 0 atom stereocenters. The zero-order valence-electron chi connectivity index (χ0n) is 12.8. The van der Waals surface area contributed by atoms with E-state index in [2.05, 4.69) is 74.4 Å². The van der Waals surface area contributed by atoms with Crippen molar-refractivity contribution in [3.63, 3.8) is 0 Å². The predicted molar refractivity (Wildman–Crippen MR) is 89.7 cm³/mol. The first kappa shape index (κ1) is 15.8. The van der Waals surface area contributed by atoms with Crippen LogP contribution in [0.1, 0.15) is 38.2 Å². The molecule has 0 nitrogen and oxygen atoms in total. The summed E-state index contributed by atoms with van der Waals surface area (Å²) >= 11 is 0. The molecule has 0 heterocycles. The average molecular weight is 270 g/mol. The summed E-state index contributed by atoms with van der Waals surface area (Å²) in [6.45, 7) is 9.14. The van der Waals surface area contributed by atoms with Crippen molar-refractivity contribution in [2.24, 2.45) is 0 Å². The van der Waals surface area contributed by atoms with Crippen LogP contribution in [0.5, 0.6) is 0 Å². The topological polar surface area (TPSA) is 0 Å². The Kier molecular flexibility index (Phi) is 6.66. The molecule has 0 aliphatic rings. The Morgan fingerprint density at radius 2 is 1.84 bits per heavy atom. The molecule has 0 saturated carbocycles. The first-order valence-electron chi connectivity index (χ1n) is 7.26. The molecule has 0 fully saturated rings. The number of allylic oxidation sites excluding steroid dienone is 1. The van der Waals surface area contributed by atoms with E-state index in [1.165, 1.54) is 30.4 Å². The van der Waals surface area contributed by atoms with Crippen molar-refractivity contribution in [3.8, 4) is 11.5 Å². The number of rotatable bonds is 5. The Morgan fingerprint density at radius 3 is 2.42 bits per heavy atom. The zero-order valence-corrected chi connectivity index (χ0v) is 13.8. The highest BCUT2D eigenvalue weighted by Crippen LogP contribution is 2.16. The number of hydrogen-bond acceptors (Lipinski definition) is 0. The van der Waals surface area contributed by atoms with Crippen LogP contribution >= 0.6 is 0 Å². The molecule has 0 aromatic heterocycles. The van der Waals surface area contributed by atoms with Crippen molar-refractivity contribution in [2.75, 3.05) is 0 Å². The molecular weight excluding hydrogens is 244 g/mol. The van der Waals surface area contributed by atoms with Crippen LogP contribution < -0.4 is 0 Å². The third kappa shape index (κ3) is 7.69. The van der Waals surface area contributed by atoms with Crippen molar-refractivity contribution < 1.29 is 0 Å². The zero-order chi connectivity index (χ0) is 14.1. The van der Waals surface area contributed by atoms with E-state index in [-0.39, 0.29) is 0 Å². The molecule has 1 aromatic carbocycles. The van der Waals surface area contributed by atoms with Crippen LogP contribution in [-0.4, -0.2) is 8.07 Å². The largest absolute Gasteiger partial charge is 0.132 e. The fraction of sp³-hybridized carbons (Fsp3) is 0.444. The van der Waals surface area contributed by atoms with Gasteiger partial charge in [-0.2, -0.15) is 0 Å². The number of hydrogen-bond donors (Lipinski definition) is 0. The van der Waals surface area contributed by atoms with Gasteiger partial charge >= 0.3 is 0 Å². The quantitative estimate of drug-likeness (QED) is 0.487. The SMILES string of the molecule is CCCC/C(=C\c1ccccc1)CC#C[Si](C)(C)C. The highest BCUT2D eigenvalue weighted by molar-refractivity contribution is 6.83. The third-order valence-corrected chi connectivity index (χ3v) is 3.73. The van der Waals surface area contributed by atoms with E-state index in [9.17, 15) is 0 Å². The van der Waals surface area contributed by atoms with Crippen molar-refractivity contribution in [2.45, 2.75) is 52.2 Å². The Labute approximate surface area is 120 Å². The molecule has 0 amide bonds. The Balaban J connectivity index is 2.77. The molecule has 1 heteroatoms. The van der Waals surface area contributed by atoms with Crippen molar-refractivity contribution in [3.05, 3.63) is 41.5 Å². The van der Waals surface area contributed by atoms with E-state index in [0.29, 0.717) is 0 Å². The van der Waals surface area contributed by atoms with Crippen molar-refractivity contribution >= 4 is 14.1 Å². The molecule has 19 heavy (non-hydrogen) atoms. The minimum Gasteiger partial charge on any atom is -0.132 e. The molecule has 0 aliphatic heterocycles. The van der Waals surface area contributed by atoms with E-state index < -0.39 is 8.07 Å². The lowest BCUT2D eigenvalue weighted by atomic mass is 10.0. The summed E-state index contributed by atoms with van der Waals surface area (Å²) in [6, 6.07) is 10.6. The van der Waals surface area contributed by atoms with Gasteiger partial charge in [-0.05, 0) is 18.4 Å². The molecule has 0 aliphatic carbocycles. The van der Waals surface area contributed by atoms with Crippen LogP contribution in [0.2, 0.25) is 19.6 Å². The van der Waals surface area contributed by atoms with Crippen LogP contribution in [0, 0.1) is 11.5 Å². The molecular formula is C18H26Si. The lowest BCUT2D eigenvalue weighted by Crippen LogP contribution is -2.16. The smallest absolute Gasteiger partial charge is 0.129 e. The maximum Gasteiger partial charge on any atom is 0.129 e. The molecule has 0 N–H and O–H groups in total. The first-order chi connectivity index (χ1) is 9.01. The summed E-state index contributed by atoms with van der Waals surface area (Å²) in [6.07, 6.45) is 6.92. The minimum absolute atomic E-state index is 0.930. The van der Waals surface area contributed by atoms with Gasteiger partial charge in [0.25, 0.3) is 0 Å². The molecule has 0 spiro atoms. The highest BCUT2D eigenvalue weighted by Gasteiger charge is 2.07. The Morgan fingerprint density at radius 1 is 1.16 bits per heavy atom. The van der Waals surface area contributed by atoms with Crippen LogP contribution in [0.4, 0.5) is 0 Å². The normalized spacial score (nSPS) is 11.9. The molecule has 0 bridgehead atoms. The van der Waals surface area contributed by atoms with Gasteiger partial charge < -0.3 is 0 Å². The van der Waals surface area contributed by atoms with E-state index in [1.54, 1.807) is 0 Å². The summed E-state index contributed by atoms with van der Waals surface area (Å²) in [5, 5.41) is 0. The lowest BCUT2D eigenvalue weighted by Gasteiger charge is -2.06.